The van der Waals surface area contributed by atoms with E-state index in [1.165, 1.54) is 0 Å². The molecule has 0 bridgehead atoms. The Kier molecular flexibility index (Phi) is 7.04. The average molecular weight is 500 g/mol. The molecule has 2 aliphatic rings. The van der Waals surface area contributed by atoms with E-state index in [0.29, 0.717) is 44.8 Å². The molecule has 2 fully saturated rings. The van der Waals surface area contributed by atoms with E-state index in [1.807, 2.05) is 72.5 Å². The van der Waals surface area contributed by atoms with Crippen LogP contribution in [0.1, 0.15) is 30.0 Å². The molecule has 5 rings (SSSR count). The van der Waals surface area contributed by atoms with Crippen molar-refractivity contribution in [3.05, 3.63) is 83.9 Å². The Labute approximate surface area is 217 Å². The normalized spacial score (nSPS) is 20.2. The number of methoxy groups -OCH3 is 1. The van der Waals surface area contributed by atoms with Gasteiger partial charge in [-0.2, -0.15) is 0 Å². The fraction of sp³-hybridized carbons (Fsp3) is 0.333. The lowest BCUT2D eigenvalue weighted by Crippen LogP contribution is -2.54. The Morgan fingerprint density at radius 3 is 2.30 bits per heavy atom. The van der Waals surface area contributed by atoms with Crippen molar-refractivity contribution < 1.29 is 19.4 Å². The molecule has 2 aliphatic heterocycles. The van der Waals surface area contributed by atoms with Gasteiger partial charge in [-0.3, -0.25) is 9.59 Å². The summed E-state index contributed by atoms with van der Waals surface area (Å²) in [7, 11) is 1.62. The number of phenols is 1. The van der Waals surface area contributed by atoms with Crippen molar-refractivity contribution in [2.24, 2.45) is 5.92 Å². The minimum absolute atomic E-state index is 0.00758. The molecule has 7 heteroatoms. The quantitative estimate of drug-likeness (QED) is 0.558. The molecule has 0 aliphatic carbocycles. The Bertz CT molecular complexity index is 1270. The third kappa shape index (κ3) is 4.86. The number of para-hydroxylation sites is 3. The van der Waals surface area contributed by atoms with Crippen molar-refractivity contribution in [3.8, 4) is 11.5 Å². The molecule has 1 N–H and O–H groups in total. The highest BCUT2D eigenvalue weighted by atomic mass is 16.5. The Balaban J connectivity index is 1.45. The maximum absolute atomic E-state index is 14.1. The Hall–Kier alpha value is -4.00. The molecule has 37 heavy (non-hydrogen) atoms. The summed E-state index contributed by atoms with van der Waals surface area (Å²) in [5.41, 5.74) is 3.52. The fourth-order valence-electron chi connectivity index (χ4n) is 5.56. The van der Waals surface area contributed by atoms with E-state index in [2.05, 4.69) is 4.90 Å². The number of amides is 2. The molecular formula is C30H33N3O4. The number of nitrogens with zero attached hydrogens (tertiary/aromatic N) is 3. The van der Waals surface area contributed by atoms with Crippen LogP contribution in [-0.2, 0) is 9.59 Å². The van der Waals surface area contributed by atoms with Crippen LogP contribution >= 0.6 is 0 Å². The summed E-state index contributed by atoms with van der Waals surface area (Å²) in [5.74, 6) is 0.581. The molecule has 2 saturated heterocycles. The van der Waals surface area contributed by atoms with Crippen molar-refractivity contribution in [2.45, 2.75) is 25.8 Å². The maximum atomic E-state index is 14.1. The van der Waals surface area contributed by atoms with E-state index in [9.17, 15) is 14.7 Å². The number of aryl methyl sites for hydroxylation is 1. The van der Waals surface area contributed by atoms with Crippen LogP contribution in [0.4, 0.5) is 11.4 Å². The minimum atomic E-state index is -0.469. The van der Waals surface area contributed by atoms with Crippen LogP contribution in [0.2, 0.25) is 0 Å². The first-order valence-electron chi connectivity index (χ1n) is 12.8. The number of rotatable bonds is 5. The second kappa shape index (κ2) is 10.5. The zero-order valence-electron chi connectivity index (χ0n) is 21.3. The number of carbonyl (C=O) groups excluding carboxylic acids is 2. The number of phenolic OH excluding ortho intramolecular Hbond substituents is 1. The van der Waals surface area contributed by atoms with Gasteiger partial charge in [0.1, 0.15) is 11.5 Å². The van der Waals surface area contributed by atoms with E-state index in [-0.39, 0.29) is 17.6 Å². The van der Waals surface area contributed by atoms with Gasteiger partial charge in [0.2, 0.25) is 11.8 Å². The molecule has 7 nitrogen and oxygen atoms in total. The van der Waals surface area contributed by atoms with Gasteiger partial charge in [-0.1, -0.05) is 48.0 Å². The molecular weight excluding hydrogens is 466 g/mol. The van der Waals surface area contributed by atoms with Gasteiger partial charge in [-0.05, 0) is 43.7 Å². The fourth-order valence-corrected chi connectivity index (χ4v) is 5.56. The zero-order chi connectivity index (χ0) is 25.9. The molecule has 3 aromatic carbocycles. The van der Waals surface area contributed by atoms with Crippen LogP contribution < -0.4 is 14.5 Å². The summed E-state index contributed by atoms with van der Waals surface area (Å²) in [4.78, 5) is 33.2. The molecule has 2 amide bonds. The number of ether oxygens (including phenoxy) is 1. The topological polar surface area (TPSA) is 73.3 Å². The predicted octanol–water partition coefficient (Wildman–Crippen LogP) is 4.54. The highest BCUT2D eigenvalue weighted by molar-refractivity contribution is 5.97. The summed E-state index contributed by atoms with van der Waals surface area (Å²) in [6, 6.07) is 22.4. The lowest BCUT2D eigenvalue weighted by molar-refractivity contribution is -0.138. The molecule has 0 aromatic heterocycles. The Morgan fingerprint density at radius 2 is 1.59 bits per heavy atom. The molecule has 192 valence electrons. The predicted molar refractivity (Wildman–Crippen MR) is 144 cm³/mol. The van der Waals surface area contributed by atoms with Crippen molar-refractivity contribution in [1.82, 2.24) is 4.90 Å². The van der Waals surface area contributed by atoms with Crippen LogP contribution in [0, 0.1) is 12.8 Å². The van der Waals surface area contributed by atoms with E-state index in [4.69, 9.17) is 4.74 Å². The summed E-state index contributed by atoms with van der Waals surface area (Å²) in [6.07, 6.45) is 0.802. The zero-order valence-corrected chi connectivity index (χ0v) is 21.3. The lowest BCUT2D eigenvalue weighted by atomic mass is 9.82. The largest absolute Gasteiger partial charge is 0.506 e. The van der Waals surface area contributed by atoms with Crippen LogP contribution in [0.25, 0.3) is 0 Å². The molecule has 2 heterocycles. The van der Waals surface area contributed by atoms with Gasteiger partial charge in [0.05, 0.1) is 24.8 Å². The number of aromatic hydroxyl groups is 1. The highest BCUT2D eigenvalue weighted by Crippen LogP contribution is 2.44. The maximum Gasteiger partial charge on any atom is 0.228 e. The first-order chi connectivity index (χ1) is 18.0. The number of piperazine rings is 1. The van der Waals surface area contributed by atoms with E-state index in [1.54, 1.807) is 24.1 Å². The van der Waals surface area contributed by atoms with Crippen molar-refractivity contribution in [3.63, 3.8) is 0 Å². The number of hydrogen-bond acceptors (Lipinski definition) is 5. The number of hydrogen-bond donors (Lipinski definition) is 1. The van der Waals surface area contributed by atoms with Crippen LogP contribution in [0.5, 0.6) is 11.5 Å². The van der Waals surface area contributed by atoms with Gasteiger partial charge in [-0.25, -0.2) is 0 Å². The number of anilines is 2. The molecule has 0 radical (unpaired) electrons. The van der Waals surface area contributed by atoms with Crippen molar-refractivity contribution >= 4 is 23.2 Å². The van der Waals surface area contributed by atoms with Crippen LogP contribution in [0.15, 0.2) is 72.8 Å². The third-order valence-electron chi connectivity index (χ3n) is 7.50. The SMILES string of the molecule is COc1ccccc1C1C(C(=O)N2CCN(c3ccccc3O)CC2)CCC(=O)N1c1ccc(C)cc1. The number of piperidine rings is 1. The first kappa shape index (κ1) is 24.7. The summed E-state index contributed by atoms with van der Waals surface area (Å²) < 4.78 is 5.69. The van der Waals surface area contributed by atoms with Gasteiger partial charge < -0.3 is 24.5 Å². The lowest BCUT2D eigenvalue weighted by Gasteiger charge is -2.44. The van der Waals surface area contributed by atoms with E-state index in [0.717, 1.165) is 22.5 Å². The summed E-state index contributed by atoms with van der Waals surface area (Å²) in [5, 5.41) is 10.3. The standard InChI is InChI=1S/C30H33N3O4/c1-21-11-13-22(14-12-21)33-28(35)16-15-24(29(33)23-7-3-6-10-27(23)37-2)30(36)32-19-17-31(18-20-32)25-8-4-5-9-26(25)34/h3-14,24,29,34H,15-20H2,1-2H3. The Morgan fingerprint density at radius 1 is 0.919 bits per heavy atom. The molecule has 2 atom stereocenters. The summed E-state index contributed by atoms with van der Waals surface area (Å²) >= 11 is 0. The van der Waals surface area contributed by atoms with Gasteiger partial charge in [-0.15, -0.1) is 0 Å². The molecule has 2 unspecified atom stereocenters. The van der Waals surface area contributed by atoms with Gasteiger partial charge in [0.25, 0.3) is 0 Å². The van der Waals surface area contributed by atoms with Gasteiger partial charge in [0, 0.05) is 43.9 Å². The second-order valence-corrected chi connectivity index (χ2v) is 9.73. The molecule has 0 saturated carbocycles. The van der Waals surface area contributed by atoms with Gasteiger partial charge >= 0.3 is 0 Å². The number of benzene rings is 3. The smallest absolute Gasteiger partial charge is 0.228 e. The second-order valence-electron chi connectivity index (χ2n) is 9.73. The van der Waals surface area contributed by atoms with Crippen LogP contribution in [0.3, 0.4) is 0 Å². The monoisotopic (exact) mass is 499 g/mol. The van der Waals surface area contributed by atoms with Crippen LogP contribution in [-0.4, -0.2) is 55.1 Å². The highest BCUT2D eigenvalue weighted by Gasteiger charge is 2.44. The van der Waals surface area contributed by atoms with Crippen molar-refractivity contribution in [2.75, 3.05) is 43.1 Å². The van der Waals surface area contributed by atoms with Gasteiger partial charge in [0.15, 0.2) is 0 Å². The van der Waals surface area contributed by atoms with E-state index < -0.39 is 12.0 Å². The van der Waals surface area contributed by atoms with E-state index >= 15 is 0 Å². The molecule has 0 spiro atoms. The summed E-state index contributed by atoms with van der Waals surface area (Å²) in [6.45, 7) is 4.40. The number of carbonyl (C=O) groups is 2. The first-order valence-corrected chi connectivity index (χ1v) is 12.8. The average Bonchev–Trinajstić information content (AvgIpc) is 2.93. The minimum Gasteiger partial charge on any atom is -0.506 e. The third-order valence-corrected chi connectivity index (χ3v) is 7.50. The van der Waals surface area contributed by atoms with Crippen molar-refractivity contribution in [1.29, 1.82) is 0 Å². The molecule has 3 aromatic rings.